The Hall–Kier alpha value is -2.00. The molecular formula is C22H26O3. The van der Waals surface area contributed by atoms with Crippen LogP contribution in [0.15, 0.2) is 48.5 Å². The summed E-state index contributed by atoms with van der Waals surface area (Å²) in [6.45, 7) is 0.962. The molecule has 132 valence electrons. The highest BCUT2D eigenvalue weighted by molar-refractivity contribution is 5.45. The first kappa shape index (κ1) is 16.5. The van der Waals surface area contributed by atoms with Gasteiger partial charge in [-0.15, -0.1) is 0 Å². The molecule has 4 rings (SSSR count). The average Bonchev–Trinajstić information content (AvgIpc) is 3.14. The van der Waals surface area contributed by atoms with Crippen LogP contribution in [0.2, 0.25) is 0 Å². The highest BCUT2D eigenvalue weighted by atomic mass is 16.7. The van der Waals surface area contributed by atoms with Gasteiger partial charge in [0.25, 0.3) is 0 Å². The summed E-state index contributed by atoms with van der Waals surface area (Å²) >= 11 is 0. The van der Waals surface area contributed by atoms with Gasteiger partial charge in [-0.05, 0) is 35.6 Å². The van der Waals surface area contributed by atoms with E-state index in [2.05, 4.69) is 36.4 Å². The van der Waals surface area contributed by atoms with Crippen molar-refractivity contribution >= 4 is 0 Å². The molecule has 1 unspecified atom stereocenters. The molecule has 1 atom stereocenters. The maximum atomic E-state index is 6.38. The summed E-state index contributed by atoms with van der Waals surface area (Å²) in [6, 6.07) is 16.7. The maximum Gasteiger partial charge on any atom is 0.231 e. The first-order valence-corrected chi connectivity index (χ1v) is 9.43. The molecule has 25 heavy (non-hydrogen) atoms. The molecule has 2 aromatic carbocycles. The van der Waals surface area contributed by atoms with Crippen LogP contribution in [0.4, 0.5) is 0 Å². The molecule has 2 aromatic rings. The van der Waals surface area contributed by atoms with Crippen LogP contribution in [-0.2, 0) is 11.3 Å². The van der Waals surface area contributed by atoms with Gasteiger partial charge in [0.05, 0.1) is 12.7 Å². The van der Waals surface area contributed by atoms with E-state index in [1.165, 1.54) is 43.2 Å². The lowest BCUT2D eigenvalue weighted by Crippen LogP contribution is -2.14. The molecule has 0 amide bonds. The van der Waals surface area contributed by atoms with Crippen molar-refractivity contribution < 1.29 is 14.2 Å². The number of hydrogen-bond donors (Lipinski definition) is 0. The first-order valence-electron chi connectivity index (χ1n) is 9.43. The Bertz CT molecular complexity index is 677. The normalized spacial score (nSPS) is 18.2. The van der Waals surface area contributed by atoms with Crippen molar-refractivity contribution in [2.75, 3.05) is 6.79 Å². The summed E-state index contributed by atoms with van der Waals surface area (Å²) in [5, 5.41) is 0. The van der Waals surface area contributed by atoms with Crippen LogP contribution in [0, 0.1) is 5.92 Å². The lowest BCUT2D eigenvalue weighted by molar-refractivity contribution is 0.0187. The van der Waals surface area contributed by atoms with E-state index >= 15 is 0 Å². The smallest absolute Gasteiger partial charge is 0.231 e. The highest BCUT2D eigenvalue weighted by Gasteiger charge is 2.23. The van der Waals surface area contributed by atoms with Crippen molar-refractivity contribution in [3.63, 3.8) is 0 Å². The van der Waals surface area contributed by atoms with Gasteiger partial charge in [-0.3, -0.25) is 0 Å². The molecule has 1 fully saturated rings. The summed E-state index contributed by atoms with van der Waals surface area (Å²) in [5.41, 5.74) is 2.42. The Labute approximate surface area is 149 Å². The van der Waals surface area contributed by atoms with Gasteiger partial charge in [-0.2, -0.15) is 0 Å². The summed E-state index contributed by atoms with van der Waals surface area (Å²) in [5.74, 6) is 2.44. The zero-order valence-electron chi connectivity index (χ0n) is 14.7. The molecule has 0 N–H and O–H groups in total. The molecule has 0 radical (unpaired) electrons. The van der Waals surface area contributed by atoms with E-state index in [0.717, 1.165) is 23.8 Å². The Morgan fingerprint density at radius 1 is 0.920 bits per heavy atom. The Morgan fingerprint density at radius 2 is 1.72 bits per heavy atom. The van der Waals surface area contributed by atoms with Gasteiger partial charge < -0.3 is 14.2 Å². The molecule has 0 saturated heterocycles. The highest BCUT2D eigenvalue weighted by Crippen LogP contribution is 2.39. The van der Waals surface area contributed by atoms with E-state index in [1.807, 2.05) is 12.1 Å². The van der Waals surface area contributed by atoms with Crippen LogP contribution >= 0.6 is 0 Å². The summed E-state index contributed by atoms with van der Waals surface area (Å²) in [4.78, 5) is 0. The van der Waals surface area contributed by atoms with E-state index in [1.54, 1.807) is 0 Å². The van der Waals surface area contributed by atoms with E-state index in [-0.39, 0.29) is 6.10 Å². The van der Waals surface area contributed by atoms with Crippen LogP contribution in [0.3, 0.4) is 0 Å². The molecule has 3 heteroatoms. The fraction of sp³-hybridized carbons (Fsp3) is 0.455. The van der Waals surface area contributed by atoms with Crippen LogP contribution in [0.1, 0.15) is 55.8 Å². The van der Waals surface area contributed by atoms with Crippen molar-refractivity contribution in [2.24, 2.45) is 5.92 Å². The molecule has 1 aliphatic carbocycles. The summed E-state index contributed by atoms with van der Waals surface area (Å²) in [7, 11) is 0. The molecule has 0 spiro atoms. The van der Waals surface area contributed by atoms with E-state index in [0.29, 0.717) is 13.4 Å². The lowest BCUT2D eigenvalue weighted by atomic mass is 9.84. The topological polar surface area (TPSA) is 27.7 Å². The molecule has 0 aromatic heterocycles. The van der Waals surface area contributed by atoms with Crippen LogP contribution in [0.5, 0.6) is 11.5 Å². The number of rotatable bonds is 6. The molecule has 1 aliphatic heterocycles. The van der Waals surface area contributed by atoms with E-state index < -0.39 is 0 Å². The molecular weight excluding hydrogens is 312 g/mol. The van der Waals surface area contributed by atoms with Gasteiger partial charge in [0.2, 0.25) is 6.79 Å². The molecule has 0 bridgehead atoms. The van der Waals surface area contributed by atoms with Crippen molar-refractivity contribution in [1.29, 1.82) is 0 Å². The SMILES string of the molecule is c1ccc(COC(CC2CCCCC2)c2ccc3c(c2)OCO3)cc1. The first-order chi connectivity index (χ1) is 12.4. The lowest BCUT2D eigenvalue weighted by Gasteiger charge is -2.27. The van der Waals surface area contributed by atoms with Crippen LogP contribution < -0.4 is 9.47 Å². The largest absolute Gasteiger partial charge is 0.454 e. The Balaban J connectivity index is 1.50. The fourth-order valence-electron chi connectivity index (χ4n) is 3.91. The van der Waals surface area contributed by atoms with E-state index in [9.17, 15) is 0 Å². The Morgan fingerprint density at radius 3 is 2.56 bits per heavy atom. The minimum atomic E-state index is 0.109. The third kappa shape index (κ3) is 4.16. The van der Waals surface area contributed by atoms with Gasteiger partial charge in [0.15, 0.2) is 11.5 Å². The summed E-state index contributed by atoms with van der Waals surface area (Å²) < 4.78 is 17.4. The minimum absolute atomic E-state index is 0.109. The van der Waals surface area contributed by atoms with Gasteiger partial charge in [-0.25, -0.2) is 0 Å². The third-order valence-electron chi connectivity index (χ3n) is 5.33. The zero-order valence-corrected chi connectivity index (χ0v) is 14.7. The van der Waals surface area contributed by atoms with Crippen molar-refractivity contribution in [3.8, 4) is 11.5 Å². The maximum absolute atomic E-state index is 6.38. The van der Waals surface area contributed by atoms with Crippen LogP contribution in [-0.4, -0.2) is 6.79 Å². The standard InChI is InChI=1S/C22H26O3/c1-3-7-17(8-4-1)13-21(23-15-18-9-5-2-6-10-18)19-11-12-20-22(14-19)25-16-24-20/h2,5-6,9-12,14,17,21H,1,3-4,7-8,13,15-16H2. The van der Waals surface area contributed by atoms with Gasteiger partial charge in [0, 0.05) is 0 Å². The molecule has 3 nitrogen and oxygen atoms in total. The molecule has 2 aliphatic rings. The third-order valence-corrected chi connectivity index (χ3v) is 5.33. The monoisotopic (exact) mass is 338 g/mol. The average molecular weight is 338 g/mol. The number of hydrogen-bond acceptors (Lipinski definition) is 3. The summed E-state index contributed by atoms with van der Waals surface area (Å²) in [6.07, 6.45) is 7.96. The minimum Gasteiger partial charge on any atom is -0.454 e. The molecule has 1 saturated carbocycles. The second-order valence-electron chi connectivity index (χ2n) is 7.14. The van der Waals surface area contributed by atoms with Gasteiger partial charge >= 0.3 is 0 Å². The van der Waals surface area contributed by atoms with E-state index in [4.69, 9.17) is 14.2 Å². The number of ether oxygens (including phenoxy) is 3. The quantitative estimate of drug-likeness (QED) is 0.682. The number of fused-ring (bicyclic) bond motifs is 1. The second-order valence-corrected chi connectivity index (χ2v) is 7.14. The number of benzene rings is 2. The zero-order chi connectivity index (χ0) is 16.9. The fourth-order valence-corrected chi connectivity index (χ4v) is 3.91. The predicted octanol–water partition coefficient (Wildman–Crippen LogP) is 5.64. The van der Waals surface area contributed by atoms with Crippen LogP contribution in [0.25, 0.3) is 0 Å². The van der Waals surface area contributed by atoms with Crippen molar-refractivity contribution in [3.05, 3.63) is 59.7 Å². The molecule has 1 heterocycles. The van der Waals surface area contributed by atoms with Gasteiger partial charge in [-0.1, -0.05) is 68.5 Å². The van der Waals surface area contributed by atoms with Crippen molar-refractivity contribution in [2.45, 2.75) is 51.2 Å². The van der Waals surface area contributed by atoms with Gasteiger partial charge in [0.1, 0.15) is 0 Å². The Kier molecular flexibility index (Phi) is 5.22. The second kappa shape index (κ2) is 7.92. The van der Waals surface area contributed by atoms with Crippen molar-refractivity contribution in [1.82, 2.24) is 0 Å². The predicted molar refractivity (Wildman–Crippen MR) is 97.7 cm³/mol.